The van der Waals surface area contributed by atoms with E-state index in [0.717, 1.165) is 36.8 Å². The van der Waals surface area contributed by atoms with Crippen LogP contribution in [-0.2, 0) is 17.8 Å². The smallest absolute Gasteiger partial charge is 0.135 e. The number of aryl methyl sites for hydroxylation is 1. The standard InChI is InChI=1S/C15H20BrN3O/c1-20-8-2-7-19-14-9-11(10-17-12-4-5-12)3-6-13(14)15(16)18-19/h3,6,9,12,17H,2,4-5,7-8,10H2,1H3. The summed E-state index contributed by atoms with van der Waals surface area (Å²) in [6.07, 6.45) is 3.62. The second-order valence-electron chi connectivity index (χ2n) is 5.37. The van der Waals surface area contributed by atoms with Gasteiger partial charge in [-0.2, -0.15) is 5.10 Å². The number of ether oxygens (including phenoxy) is 1. The molecule has 0 radical (unpaired) electrons. The number of nitrogens with one attached hydrogen (secondary N) is 1. The van der Waals surface area contributed by atoms with Gasteiger partial charge < -0.3 is 10.1 Å². The Bertz CT molecular complexity index is 592. The van der Waals surface area contributed by atoms with Crippen LogP contribution in [0.1, 0.15) is 24.8 Å². The van der Waals surface area contributed by atoms with Crippen LogP contribution in [0.15, 0.2) is 22.8 Å². The molecule has 1 N–H and O–H groups in total. The number of hydrogen-bond donors (Lipinski definition) is 1. The molecule has 3 rings (SSSR count). The molecule has 0 saturated heterocycles. The molecule has 0 aliphatic heterocycles. The first kappa shape index (κ1) is 14.0. The highest BCUT2D eigenvalue weighted by atomic mass is 79.9. The van der Waals surface area contributed by atoms with Crippen molar-refractivity contribution in [1.29, 1.82) is 0 Å². The van der Waals surface area contributed by atoms with Crippen LogP contribution in [0.3, 0.4) is 0 Å². The zero-order valence-electron chi connectivity index (χ0n) is 11.7. The van der Waals surface area contributed by atoms with Gasteiger partial charge in [-0.25, -0.2) is 0 Å². The number of hydrogen-bond acceptors (Lipinski definition) is 3. The van der Waals surface area contributed by atoms with E-state index in [4.69, 9.17) is 4.74 Å². The lowest BCUT2D eigenvalue weighted by Gasteiger charge is -2.06. The van der Waals surface area contributed by atoms with Crippen LogP contribution in [0, 0.1) is 0 Å². The van der Waals surface area contributed by atoms with Crippen LogP contribution in [0.4, 0.5) is 0 Å². The number of nitrogens with zero attached hydrogens (tertiary/aromatic N) is 2. The first-order chi connectivity index (χ1) is 9.78. The Balaban J connectivity index is 1.79. The highest BCUT2D eigenvalue weighted by molar-refractivity contribution is 9.10. The lowest BCUT2D eigenvalue weighted by atomic mass is 10.1. The van der Waals surface area contributed by atoms with E-state index >= 15 is 0 Å². The Kier molecular flexibility index (Phi) is 4.38. The summed E-state index contributed by atoms with van der Waals surface area (Å²) in [5.41, 5.74) is 2.52. The second kappa shape index (κ2) is 6.24. The third-order valence-corrected chi connectivity index (χ3v) is 4.25. The number of aromatic nitrogens is 2. The molecule has 1 aromatic heterocycles. The summed E-state index contributed by atoms with van der Waals surface area (Å²) in [4.78, 5) is 0. The second-order valence-corrected chi connectivity index (χ2v) is 6.12. The summed E-state index contributed by atoms with van der Waals surface area (Å²) in [5, 5.41) is 9.30. The topological polar surface area (TPSA) is 39.1 Å². The van der Waals surface area contributed by atoms with Crippen molar-refractivity contribution in [3.63, 3.8) is 0 Å². The van der Waals surface area contributed by atoms with E-state index in [2.05, 4.69) is 49.2 Å². The maximum atomic E-state index is 5.12. The Morgan fingerprint density at radius 1 is 1.45 bits per heavy atom. The van der Waals surface area contributed by atoms with Gasteiger partial charge in [0, 0.05) is 38.2 Å². The van der Waals surface area contributed by atoms with Gasteiger partial charge in [0.2, 0.25) is 0 Å². The zero-order chi connectivity index (χ0) is 13.9. The molecule has 1 aliphatic rings. The summed E-state index contributed by atoms with van der Waals surface area (Å²) >= 11 is 3.54. The van der Waals surface area contributed by atoms with Crippen molar-refractivity contribution < 1.29 is 4.74 Å². The molecule has 2 aromatic rings. The quantitative estimate of drug-likeness (QED) is 0.789. The highest BCUT2D eigenvalue weighted by Crippen LogP contribution is 2.25. The molecular formula is C15H20BrN3O. The molecule has 0 spiro atoms. The first-order valence-electron chi connectivity index (χ1n) is 7.15. The predicted octanol–water partition coefficient (Wildman–Crippen LogP) is 3.09. The van der Waals surface area contributed by atoms with Crippen LogP contribution >= 0.6 is 15.9 Å². The number of halogens is 1. The normalized spacial score (nSPS) is 15.1. The molecule has 5 heteroatoms. The summed E-state index contributed by atoms with van der Waals surface area (Å²) < 4.78 is 8.11. The Labute approximate surface area is 127 Å². The van der Waals surface area contributed by atoms with E-state index in [1.807, 2.05) is 0 Å². The largest absolute Gasteiger partial charge is 0.385 e. The third kappa shape index (κ3) is 3.22. The molecule has 1 saturated carbocycles. The van der Waals surface area contributed by atoms with E-state index in [1.54, 1.807) is 7.11 Å². The maximum Gasteiger partial charge on any atom is 0.135 e. The van der Waals surface area contributed by atoms with Crippen LogP contribution in [0.25, 0.3) is 10.9 Å². The lowest BCUT2D eigenvalue weighted by molar-refractivity contribution is 0.189. The molecule has 1 heterocycles. The molecule has 1 aliphatic carbocycles. The zero-order valence-corrected chi connectivity index (χ0v) is 13.3. The van der Waals surface area contributed by atoms with Crippen molar-refractivity contribution in [3.05, 3.63) is 28.4 Å². The average Bonchev–Trinajstić information content (AvgIpc) is 3.23. The minimum Gasteiger partial charge on any atom is -0.385 e. The van der Waals surface area contributed by atoms with Crippen molar-refractivity contribution in [2.24, 2.45) is 0 Å². The highest BCUT2D eigenvalue weighted by Gasteiger charge is 2.20. The summed E-state index contributed by atoms with van der Waals surface area (Å²) in [5.74, 6) is 0. The van der Waals surface area contributed by atoms with Crippen LogP contribution in [0.2, 0.25) is 0 Å². The van der Waals surface area contributed by atoms with E-state index < -0.39 is 0 Å². The molecule has 0 amide bonds. The average molecular weight is 338 g/mol. The van der Waals surface area contributed by atoms with Gasteiger partial charge in [0.05, 0.1) is 5.52 Å². The van der Waals surface area contributed by atoms with Crippen LogP contribution in [-0.4, -0.2) is 29.5 Å². The van der Waals surface area contributed by atoms with Crippen LogP contribution < -0.4 is 5.32 Å². The van der Waals surface area contributed by atoms with Crippen molar-refractivity contribution in [2.45, 2.75) is 38.4 Å². The predicted molar refractivity (Wildman–Crippen MR) is 83.8 cm³/mol. The van der Waals surface area contributed by atoms with Crippen molar-refractivity contribution in [1.82, 2.24) is 15.1 Å². The minimum absolute atomic E-state index is 0.740. The molecule has 20 heavy (non-hydrogen) atoms. The summed E-state index contributed by atoms with van der Waals surface area (Å²) in [7, 11) is 1.73. The van der Waals surface area contributed by atoms with E-state index in [9.17, 15) is 0 Å². The maximum absolute atomic E-state index is 5.12. The minimum atomic E-state index is 0.740. The van der Waals surface area contributed by atoms with Gasteiger partial charge in [0.25, 0.3) is 0 Å². The van der Waals surface area contributed by atoms with E-state index in [0.29, 0.717) is 0 Å². The van der Waals surface area contributed by atoms with Crippen molar-refractivity contribution in [2.75, 3.05) is 13.7 Å². The number of benzene rings is 1. The Hall–Kier alpha value is -0.910. The van der Waals surface area contributed by atoms with Crippen molar-refractivity contribution >= 4 is 26.8 Å². The fourth-order valence-corrected chi connectivity index (χ4v) is 2.89. The number of methoxy groups -OCH3 is 1. The first-order valence-corrected chi connectivity index (χ1v) is 7.94. The molecule has 4 nitrogen and oxygen atoms in total. The van der Waals surface area contributed by atoms with Gasteiger partial charge in [-0.3, -0.25) is 4.68 Å². The van der Waals surface area contributed by atoms with Gasteiger partial charge in [0.1, 0.15) is 4.60 Å². The van der Waals surface area contributed by atoms with Gasteiger partial charge in [-0.1, -0.05) is 6.07 Å². The van der Waals surface area contributed by atoms with E-state index in [1.165, 1.54) is 29.3 Å². The Morgan fingerprint density at radius 2 is 2.30 bits per heavy atom. The molecule has 0 unspecified atom stereocenters. The third-order valence-electron chi connectivity index (χ3n) is 3.66. The fourth-order valence-electron chi connectivity index (χ4n) is 2.37. The SMILES string of the molecule is COCCCn1nc(Br)c2ccc(CNC3CC3)cc21. The number of fused-ring (bicyclic) bond motifs is 1. The van der Waals surface area contributed by atoms with Gasteiger partial charge >= 0.3 is 0 Å². The van der Waals surface area contributed by atoms with Gasteiger partial charge in [0.15, 0.2) is 0 Å². The molecular weight excluding hydrogens is 318 g/mol. The Morgan fingerprint density at radius 3 is 3.05 bits per heavy atom. The van der Waals surface area contributed by atoms with Gasteiger partial charge in [-0.15, -0.1) is 0 Å². The van der Waals surface area contributed by atoms with Crippen LogP contribution in [0.5, 0.6) is 0 Å². The summed E-state index contributed by atoms with van der Waals surface area (Å²) in [6, 6.07) is 7.33. The monoisotopic (exact) mass is 337 g/mol. The number of rotatable bonds is 7. The lowest BCUT2D eigenvalue weighted by Crippen LogP contribution is -2.15. The molecule has 108 valence electrons. The molecule has 1 fully saturated rings. The molecule has 1 aromatic carbocycles. The molecule has 0 atom stereocenters. The summed E-state index contributed by atoms with van der Waals surface area (Å²) in [6.45, 7) is 2.60. The van der Waals surface area contributed by atoms with Crippen molar-refractivity contribution in [3.8, 4) is 0 Å². The van der Waals surface area contributed by atoms with Gasteiger partial charge in [-0.05, 0) is 52.9 Å². The molecule has 0 bridgehead atoms. The fraction of sp³-hybridized carbons (Fsp3) is 0.533. The van der Waals surface area contributed by atoms with E-state index in [-0.39, 0.29) is 0 Å².